The van der Waals surface area contributed by atoms with Crippen molar-refractivity contribution in [3.05, 3.63) is 59.7 Å². The highest BCUT2D eigenvalue weighted by Gasteiger charge is 2.27. The predicted octanol–water partition coefficient (Wildman–Crippen LogP) is 2.91. The third-order valence-corrected chi connectivity index (χ3v) is 4.90. The van der Waals surface area contributed by atoms with Crippen molar-refractivity contribution in [2.24, 2.45) is 5.92 Å². The first-order valence-electron chi connectivity index (χ1n) is 8.90. The van der Waals surface area contributed by atoms with Gasteiger partial charge < -0.3 is 10.4 Å². The number of carbonyl (C=O) groups is 1. The monoisotopic (exact) mass is 357 g/mol. The summed E-state index contributed by atoms with van der Waals surface area (Å²) in [5, 5.41) is 13.3. The zero-order valence-electron chi connectivity index (χ0n) is 14.9. The van der Waals surface area contributed by atoms with Gasteiger partial charge >= 0.3 is 0 Å². The van der Waals surface area contributed by atoms with Gasteiger partial charge in [0.15, 0.2) is 0 Å². The van der Waals surface area contributed by atoms with E-state index >= 15 is 0 Å². The summed E-state index contributed by atoms with van der Waals surface area (Å²) in [4.78, 5) is 18.6. The van der Waals surface area contributed by atoms with Crippen molar-refractivity contribution in [2.45, 2.75) is 25.9 Å². The maximum absolute atomic E-state index is 13.1. The van der Waals surface area contributed by atoms with Gasteiger partial charge in [-0.05, 0) is 74.7 Å². The number of anilines is 1. The third-order valence-electron chi connectivity index (χ3n) is 4.90. The lowest BCUT2D eigenvalue weighted by molar-refractivity contribution is -0.117. The zero-order valence-corrected chi connectivity index (χ0v) is 14.9. The van der Waals surface area contributed by atoms with Crippen molar-refractivity contribution in [3.63, 3.8) is 0 Å². The summed E-state index contributed by atoms with van der Waals surface area (Å²) in [5.41, 5.74) is 2.04. The molecule has 0 saturated carbocycles. The van der Waals surface area contributed by atoms with E-state index in [2.05, 4.69) is 15.2 Å². The Balaban J connectivity index is 1.48. The van der Waals surface area contributed by atoms with Gasteiger partial charge in [-0.25, -0.2) is 4.39 Å². The Morgan fingerprint density at radius 3 is 2.77 bits per heavy atom. The highest BCUT2D eigenvalue weighted by Crippen LogP contribution is 2.29. The number of aromatic nitrogens is 1. The maximum Gasteiger partial charge on any atom is 0.238 e. The van der Waals surface area contributed by atoms with E-state index in [4.69, 9.17) is 0 Å². The van der Waals surface area contributed by atoms with E-state index in [1.807, 2.05) is 18.2 Å². The lowest BCUT2D eigenvalue weighted by atomic mass is 9.89. The molecule has 1 aliphatic rings. The Kier molecular flexibility index (Phi) is 5.96. The molecule has 0 aliphatic carbocycles. The third kappa shape index (κ3) is 4.65. The summed E-state index contributed by atoms with van der Waals surface area (Å²) >= 11 is 0. The fraction of sp³-hybridized carbons (Fsp3) is 0.400. The van der Waals surface area contributed by atoms with Crippen molar-refractivity contribution in [2.75, 3.05) is 25.0 Å². The van der Waals surface area contributed by atoms with Crippen LogP contribution in [0.25, 0.3) is 0 Å². The number of nitrogens with zero attached hydrogens (tertiary/aromatic N) is 2. The fourth-order valence-corrected chi connectivity index (χ4v) is 3.38. The van der Waals surface area contributed by atoms with Crippen LogP contribution in [0.15, 0.2) is 42.6 Å². The SMILES string of the molecule is Cc1cc(F)ccc1NC(=O)CN1CCC([C@H](O)c2ccccn2)CC1. The Morgan fingerprint density at radius 2 is 2.12 bits per heavy atom. The molecule has 1 saturated heterocycles. The number of nitrogens with one attached hydrogen (secondary N) is 1. The van der Waals surface area contributed by atoms with Crippen molar-refractivity contribution in [3.8, 4) is 0 Å². The number of hydrogen-bond acceptors (Lipinski definition) is 4. The summed E-state index contributed by atoms with van der Waals surface area (Å²) < 4.78 is 13.1. The fourth-order valence-electron chi connectivity index (χ4n) is 3.38. The molecule has 138 valence electrons. The molecule has 1 aliphatic heterocycles. The first-order valence-corrected chi connectivity index (χ1v) is 8.90. The molecule has 3 rings (SSSR count). The van der Waals surface area contributed by atoms with Gasteiger partial charge in [-0.3, -0.25) is 14.7 Å². The number of carbonyl (C=O) groups excluding carboxylic acids is 1. The first-order chi connectivity index (χ1) is 12.5. The topological polar surface area (TPSA) is 65.5 Å². The van der Waals surface area contributed by atoms with Crippen LogP contribution in [-0.4, -0.2) is 40.5 Å². The van der Waals surface area contributed by atoms with E-state index in [0.29, 0.717) is 23.5 Å². The highest BCUT2D eigenvalue weighted by atomic mass is 19.1. The quantitative estimate of drug-likeness (QED) is 0.864. The van der Waals surface area contributed by atoms with Crippen molar-refractivity contribution >= 4 is 11.6 Å². The molecule has 2 heterocycles. The van der Waals surface area contributed by atoms with Crippen LogP contribution >= 0.6 is 0 Å². The largest absolute Gasteiger partial charge is 0.387 e. The standard InChI is InChI=1S/C20H24FN3O2/c1-14-12-16(21)5-6-17(14)23-19(25)13-24-10-7-15(8-11-24)20(26)18-4-2-3-9-22-18/h2-6,9,12,15,20,26H,7-8,10-11,13H2,1H3,(H,23,25)/t20-/m0/s1. The van der Waals surface area contributed by atoms with Gasteiger partial charge in [-0.2, -0.15) is 0 Å². The summed E-state index contributed by atoms with van der Waals surface area (Å²) in [6.07, 6.45) is 2.77. The normalized spacial score (nSPS) is 17.0. The van der Waals surface area contributed by atoms with Gasteiger partial charge in [-0.15, -0.1) is 0 Å². The molecule has 1 aromatic heterocycles. The second-order valence-corrected chi connectivity index (χ2v) is 6.82. The van der Waals surface area contributed by atoms with E-state index in [1.54, 1.807) is 19.2 Å². The van der Waals surface area contributed by atoms with Crippen LogP contribution < -0.4 is 5.32 Å². The van der Waals surface area contributed by atoms with Gasteiger partial charge in [0, 0.05) is 11.9 Å². The van der Waals surface area contributed by atoms with Crippen LogP contribution in [0, 0.1) is 18.7 Å². The Morgan fingerprint density at radius 1 is 1.35 bits per heavy atom. The molecular weight excluding hydrogens is 333 g/mol. The van der Waals surface area contributed by atoms with Gasteiger partial charge in [0.2, 0.25) is 5.91 Å². The Hall–Kier alpha value is -2.31. The van der Waals surface area contributed by atoms with E-state index < -0.39 is 6.10 Å². The number of aliphatic hydroxyl groups excluding tert-OH is 1. The van der Waals surface area contributed by atoms with Gasteiger partial charge in [0.05, 0.1) is 18.3 Å². The second kappa shape index (κ2) is 8.38. The predicted molar refractivity (Wildman–Crippen MR) is 98.1 cm³/mol. The van der Waals surface area contributed by atoms with Crippen LogP contribution in [0.5, 0.6) is 0 Å². The Labute approximate surface area is 152 Å². The van der Waals surface area contributed by atoms with E-state index in [9.17, 15) is 14.3 Å². The number of likely N-dealkylation sites (tertiary alicyclic amines) is 1. The first kappa shape index (κ1) is 18.5. The molecule has 0 spiro atoms. The number of amides is 1. The number of aryl methyl sites for hydroxylation is 1. The minimum absolute atomic E-state index is 0.108. The highest BCUT2D eigenvalue weighted by molar-refractivity contribution is 5.92. The van der Waals surface area contributed by atoms with Crippen LogP contribution in [0.4, 0.5) is 10.1 Å². The van der Waals surface area contributed by atoms with Crippen molar-refractivity contribution in [1.29, 1.82) is 0 Å². The van der Waals surface area contributed by atoms with Gasteiger partial charge in [0.25, 0.3) is 0 Å². The molecule has 6 heteroatoms. The molecule has 5 nitrogen and oxygen atoms in total. The second-order valence-electron chi connectivity index (χ2n) is 6.82. The molecule has 0 unspecified atom stereocenters. The van der Waals surface area contributed by atoms with Crippen LogP contribution in [0.2, 0.25) is 0 Å². The summed E-state index contributed by atoms with van der Waals surface area (Å²) in [6.45, 7) is 3.57. The number of pyridine rings is 1. The summed E-state index contributed by atoms with van der Waals surface area (Å²) in [6, 6.07) is 9.88. The molecule has 0 radical (unpaired) electrons. The number of piperidine rings is 1. The average Bonchev–Trinajstić information content (AvgIpc) is 2.65. The molecule has 1 atom stereocenters. The van der Waals surface area contributed by atoms with Crippen LogP contribution in [0.3, 0.4) is 0 Å². The molecule has 2 aromatic rings. The van der Waals surface area contributed by atoms with Gasteiger partial charge in [-0.1, -0.05) is 6.07 Å². The molecule has 1 amide bonds. The molecule has 1 aromatic carbocycles. The molecule has 26 heavy (non-hydrogen) atoms. The van der Waals surface area contributed by atoms with Crippen molar-refractivity contribution < 1.29 is 14.3 Å². The Bertz CT molecular complexity index is 746. The van der Waals surface area contributed by atoms with E-state index in [0.717, 1.165) is 25.9 Å². The minimum atomic E-state index is -0.561. The molecule has 2 N–H and O–H groups in total. The number of halogens is 1. The van der Waals surface area contributed by atoms with Crippen LogP contribution in [0.1, 0.15) is 30.2 Å². The van der Waals surface area contributed by atoms with E-state index in [-0.39, 0.29) is 17.6 Å². The molecule has 0 bridgehead atoms. The summed E-state index contributed by atoms with van der Waals surface area (Å²) in [7, 11) is 0. The van der Waals surface area contributed by atoms with Crippen LogP contribution in [-0.2, 0) is 4.79 Å². The number of hydrogen-bond donors (Lipinski definition) is 2. The van der Waals surface area contributed by atoms with Gasteiger partial charge in [0.1, 0.15) is 5.82 Å². The average molecular weight is 357 g/mol. The smallest absolute Gasteiger partial charge is 0.238 e. The number of benzene rings is 1. The van der Waals surface area contributed by atoms with Crippen molar-refractivity contribution in [1.82, 2.24) is 9.88 Å². The summed E-state index contributed by atoms with van der Waals surface area (Å²) in [5.74, 6) is -0.263. The number of aliphatic hydroxyl groups is 1. The molecule has 1 fully saturated rings. The lowest BCUT2D eigenvalue weighted by Gasteiger charge is -2.33. The number of rotatable bonds is 5. The minimum Gasteiger partial charge on any atom is -0.387 e. The zero-order chi connectivity index (χ0) is 18.5. The lowest BCUT2D eigenvalue weighted by Crippen LogP contribution is -2.40. The molecular formula is C20H24FN3O2. The van der Waals surface area contributed by atoms with E-state index in [1.165, 1.54) is 12.1 Å². The maximum atomic E-state index is 13.1.